The number of hydrogen-bond acceptors (Lipinski definition) is 8. The number of nitrogens with one attached hydrogen (secondary N) is 2. The second-order valence-electron chi connectivity index (χ2n) is 7.07. The van der Waals surface area contributed by atoms with E-state index in [2.05, 4.69) is 17.2 Å². The summed E-state index contributed by atoms with van der Waals surface area (Å²) in [5.74, 6) is -0.917. The van der Waals surface area contributed by atoms with E-state index in [4.69, 9.17) is 4.74 Å². The molecule has 0 atom stereocenters. The zero-order valence-electron chi connectivity index (χ0n) is 19.6. The van der Waals surface area contributed by atoms with Crippen LogP contribution in [0.4, 0.5) is 11.4 Å². The van der Waals surface area contributed by atoms with E-state index in [0.717, 1.165) is 24.4 Å². The van der Waals surface area contributed by atoms with Crippen molar-refractivity contribution in [2.24, 2.45) is 0 Å². The predicted octanol–water partition coefficient (Wildman–Crippen LogP) is 1.46. The highest BCUT2D eigenvalue weighted by molar-refractivity contribution is 7.07. The van der Waals surface area contributed by atoms with Gasteiger partial charge in [-0.2, -0.15) is 5.26 Å². The number of carbonyl (C=O) groups excluding carboxylic acids is 2. The van der Waals surface area contributed by atoms with E-state index in [9.17, 15) is 19.6 Å². The van der Waals surface area contributed by atoms with Crippen LogP contribution in [0, 0.1) is 11.3 Å². The summed E-state index contributed by atoms with van der Waals surface area (Å²) in [7, 11) is 0. The van der Waals surface area contributed by atoms with Gasteiger partial charge in [-0.05, 0) is 38.2 Å². The fourth-order valence-electron chi connectivity index (χ4n) is 3.07. The first kappa shape index (κ1) is 26.6. The minimum atomic E-state index is -0.807. The Labute approximate surface area is 202 Å². The highest BCUT2D eigenvalue weighted by atomic mass is 32.1. The molecular weight excluding hydrogens is 454 g/mol. The molecule has 0 aliphatic heterocycles. The zero-order chi connectivity index (χ0) is 25.1. The average molecular weight is 484 g/mol. The van der Waals surface area contributed by atoms with Gasteiger partial charge in [0, 0.05) is 24.1 Å². The summed E-state index contributed by atoms with van der Waals surface area (Å²) in [4.78, 5) is 39.3. The molecule has 0 spiro atoms. The van der Waals surface area contributed by atoms with Gasteiger partial charge in [-0.15, -0.1) is 11.3 Å². The smallest absolute Gasteiger partial charge is 0.352 e. The van der Waals surface area contributed by atoms with Crippen molar-refractivity contribution in [3.8, 4) is 6.07 Å². The normalized spacial score (nSPS) is 12.1. The van der Waals surface area contributed by atoms with Crippen LogP contribution in [0.3, 0.4) is 0 Å². The first-order valence-electron chi connectivity index (χ1n) is 10.9. The molecule has 0 bridgehead atoms. The number of nitriles is 1. The van der Waals surface area contributed by atoms with Crippen LogP contribution in [0.15, 0.2) is 41.7 Å². The number of benzene rings is 1. The molecule has 2 N–H and O–H groups in total. The van der Waals surface area contributed by atoms with E-state index in [-0.39, 0.29) is 34.9 Å². The van der Waals surface area contributed by atoms with Crippen LogP contribution in [0.2, 0.25) is 0 Å². The summed E-state index contributed by atoms with van der Waals surface area (Å²) in [6.07, 6.45) is 2.92. The number of thiazole rings is 1. The Morgan fingerprint density at radius 3 is 2.59 bits per heavy atom. The maximum atomic E-state index is 12.8. The molecular formula is C24H29N5O4S. The van der Waals surface area contributed by atoms with Crippen LogP contribution >= 0.6 is 11.3 Å². The predicted molar refractivity (Wildman–Crippen MR) is 135 cm³/mol. The van der Waals surface area contributed by atoms with E-state index in [1.165, 1.54) is 16.8 Å². The van der Waals surface area contributed by atoms with Gasteiger partial charge in [0.25, 0.3) is 5.56 Å². The SMILES string of the molecule is C=CCOC(=O)C(C#N)=c1sc(=CNc2cccc(NC(=O)CN(CC)CC)c2)c(=O)n1CC. The molecule has 0 aliphatic carbocycles. The van der Waals surface area contributed by atoms with Crippen molar-refractivity contribution in [3.63, 3.8) is 0 Å². The summed E-state index contributed by atoms with van der Waals surface area (Å²) in [6, 6.07) is 8.95. The number of nitrogens with zero attached hydrogens (tertiary/aromatic N) is 3. The Kier molecular flexibility index (Phi) is 10.3. The van der Waals surface area contributed by atoms with Crippen LogP contribution in [-0.4, -0.2) is 47.6 Å². The molecule has 2 aromatic rings. The van der Waals surface area contributed by atoms with Gasteiger partial charge < -0.3 is 15.4 Å². The Morgan fingerprint density at radius 2 is 1.97 bits per heavy atom. The third-order valence-corrected chi connectivity index (χ3v) is 5.99. The number of aromatic nitrogens is 1. The molecule has 9 nitrogen and oxygen atoms in total. The van der Waals surface area contributed by atoms with Gasteiger partial charge in [0.2, 0.25) is 5.91 Å². The Hall–Kier alpha value is -3.68. The van der Waals surface area contributed by atoms with Crippen molar-refractivity contribution in [3.05, 3.63) is 56.5 Å². The molecule has 0 saturated heterocycles. The zero-order valence-corrected chi connectivity index (χ0v) is 20.4. The number of hydrogen-bond donors (Lipinski definition) is 2. The summed E-state index contributed by atoms with van der Waals surface area (Å²) >= 11 is 1.02. The van der Waals surface area contributed by atoms with Crippen LogP contribution < -0.4 is 25.4 Å². The van der Waals surface area contributed by atoms with Crippen molar-refractivity contribution in [1.82, 2.24) is 9.47 Å². The summed E-state index contributed by atoms with van der Waals surface area (Å²) in [6.45, 7) is 11.4. The lowest BCUT2D eigenvalue weighted by Gasteiger charge is -2.17. The molecule has 1 heterocycles. The highest BCUT2D eigenvalue weighted by Gasteiger charge is 2.16. The first-order valence-corrected chi connectivity index (χ1v) is 11.7. The quantitative estimate of drug-likeness (QED) is 0.367. The van der Waals surface area contributed by atoms with Crippen molar-refractivity contribution >= 4 is 46.4 Å². The average Bonchev–Trinajstić information content (AvgIpc) is 3.15. The molecule has 0 aliphatic rings. The van der Waals surface area contributed by atoms with Crippen molar-refractivity contribution in [2.45, 2.75) is 27.3 Å². The fourth-order valence-corrected chi connectivity index (χ4v) is 4.14. The number of carbonyl (C=O) groups is 2. The third-order valence-electron chi connectivity index (χ3n) is 4.86. The second kappa shape index (κ2) is 13.1. The van der Waals surface area contributed by atoms with E-state index in [0.29, 0.717) is 22.5 Å². The van der Waals surface area contributed by atoms with Gasteiger partial charge in [-0.1, -0.05) is 32.6 Å². The van der Waals surface area contributed by atoms with Crippen LogP contribution in [0.1, 0.15) is 20.8 Å². The molecule has 0 fully saturated rings. The van der Waals surface area contributed by atoms with Gasteiger partial charge in [-0.3, -0.25) is 19.1 Å². The Balaban J connectivity index is 2.32. The van der Waals surface area contributed by atoms with Crippen LogP contribution in [0.5, 0.6) is 0 Å². The van der Waals surface area contributed by atoms with Gasteiger partial charge in [-0.25, -0.2) is 4.79 Å². The van der Waals surface area contributed by atoms with Gasteiger partial charge >= 0.3 is 5.97 Å². The van der Waals surface area contributed by atoms with Crippen molar-refractivity contribution in [1.29, 1.82) is 5.26 Å². The minimum absolute atomic E-state index is 0.0336. The van der Waals surface area contributed by atoms with E-state index >= 15 is 0 Å². The lowest BCUT2D eigenvalue weighted by atomic mass is 10.2. The lowest BCUT2D eigenvalue weighted by Crippen LogP contribution is -2.33. The lowest BCUT2D eigenvalue weighted by molar-refractivity contribution is -0.135. The molecule has 0 saturated carbocycles. The number of rotatable bonds is 11. The van der Waals surface area contributed by atoms with Crippen LogP contribution in [-0.2, 0) is 20.9 Å². The number of anilines is 2. The molecule has 180 valence electrons. The van der Waals surface area contributed by atoms with E-state index < -0.39 is 5.97 Å². The molecule has 1 aromatic carbocycles. The van der Waals surface area contributed by atoms with E-state index in [1.54, 1.807) is 31.2 Å². The molecule has 0 radical (unpaired) electrons. The summed E-state index contributed by atoms with van der Waals surface area (Å²) in [5, 5.41) is 15.4. The molecule has 1 amide bonds. The van der Waals surface area contributed by atoms with Gasteiger partial charge in [0.05, 0.1) is 6.54 Å². The van der Waals surface area contributed by atoms with Gasteiger partial charge in [0.15, 0.2) is 5.57 Å². The molecule has 0 unspecified atom stereocenters. The molecule has 10 heteroatoms. The number of likely N-dealkylation sites (N-methyl/N-ethyl adjacent to an activating group) is 1. The van der Waals surface area contributed by atoms with E-state index in [1.807, 2.05) is 24.8 Å². The molecule has 34 heavy (non-hydrogen) atoms. The Morgan fingerprint density at radius 1 is 1.26 bits per heavy atom. The minimum Gasteiger partial charge on any atom is -0.457 e. The topological polar surface area (TPSA) is 116 Å². The highest BCUT2D eigenvalue weighted by Crippen LogP contribution is 2.15. The Bertz CT molecular complexity index is 1250. The third kappa shape index (κ3) is 6.91. The van der Waals surface area contributed by atoms with Crippen molar-refractivity contribution < 1.29 is 14.3 Å². The standard InChI is InChI=1S/C24H29N5O4S/c1-5-12-33-24(32)19(14-25)23-29(8-4)22(31)20(34-23)15-26-17-10-9-11-18(13-17)27-21(30)16-28(6-2)7-3/h5,9-11,13,15,26H,1,6-8,12,16H2,2-4H3,(H,27,30). The monoisotopic (exact) mass is 483 g/mol. The van der Waals surface area contributed by atoms with Gasteiger partial charge in [0.1, 0.15) is 21.9 Å². The first-order chi connectivity index (χ1) is 16.4. The molecule has 1 aromatic heterocycles. The maximum absolute atomic E-state index is 12.8. The maximum Gasteiger partial charge on any atom is 0.352 e. The summed E-state index contributed by atoms with van der Waals surface area (Å²) in [5.41, 5.74) is 0.720. The van der Waals surface area contributed by atoms with Crippen LogP contribution in [0.25, 0.3) is 11.8 Å². The van der Waals surface area contributed by atoms with Crippen molar-refractivity contribution in [2.75, 3.05) is 36.9 Å². The number of esters is 1. The fraction of sp³-hybridized carbons (Fsp3) is 0.333. The number of amides is 1. The number of ether oxygens (including phenoxy) is 1. The second-order valence-corrected chi connectivity index (χ2v) is 8.10. The largest absolute Gasteiger partial charge is 0.457 e. The molecule has 2 rings (SSSR count). The summed E-state index contributed by atoms with van der Waals surface area (Å²) < 4.78 is 6.88.